The molecule has 0 fully saturated rings. The van der Waals surface area contributed by atoms with Gasteiger partial charge in [0.25, 0.3) is 5.91 Å². The molecule has 0 radical (unpaired) electrons. The van der Waals surface area contributed by atoms with Crippen LogP contribution >= 0.6 is 23.1 Å². The highest BCUT2D eigenvalue weighted by molar-refractivity contribution is 8.00. The van der Waals surface area contributed by atoms with Crippen LogP contribution in [0.15, 0.2) is 40.6 Å². The lowest BCUT2D eigenvalue weighted by Gasteiger charge is -2.27. The van der Waals surface area contributed by atoms with Crippen LogP contribution in [0, 0.1) is 0 Å². The third-order valence-electron chi connectivity index (χ3n) is 4.20. The normalized spacial score (nSPS) is 13.3. The molecule has 2 amide bonds. The van der Waals surface area contributed by atoms with Crippen molar-refractivity contribution in [2.75, 3.05) is 32.6 Å². The maximum Gasteiger partial charge on any atom is 0.255 e. The summed E-state index contributed by atoms with van der Waals surface area (Å²) in [6, 6.07) is 9.62. The lowest BCUT2D eigenvalue weighted by atomic mass is 10.1. The van der Waals surface area contributed by atoms with Gasteiger partial charge in [0.1, 0.15) is 0 Å². The first kappa shape index (κ1) is 18.9. The Labute approximate surface area is 161 Å². The molecule has 7 heteroatoms. The fourth-order valence-electron chi connectivity index (χ4n) is 2.85. The molecule has 3 rings (SSSR count). The molecule has 1 aromatic carbocycles. The average Bonchev–Trinajstić information content (AvgIpc) is 3.14. The molecule has 2 aromatic rings. The summed E-state index contributed by atoms with van der Waals surface area (Å²) in [5, 5.41) is 4.88. The van der Waals surface area contributed by atoms with Crippen molar-refractivity contribution < 1.29 is 14.3 Å². The fraction of sp³-hybridized carbons (Fsp3) is 0.368. The Morgan fingerprint density at radius 2 is 2.15 bits per heavy atom. The summed E-state index contributed by atoms with van der Waals surface area (Å²) >= 11 is 3.16. The summed E-state index contributed by atoms with van der Waals surface area (Å²) in [4.78, 5) is 29.0. The molecule has 1 N–H and O–H groups in total. The molecule has 0 unspecified atom stereocenters. The zero-order valence-electron chi connectivity index (χ0n) is 14.7. The summed E-state index contributed by atoms with van der Waals surface area (Å²) < 4.78 is 4.92. The lowest BCUT2D eigenvalue weighted by molar-refractivity contribution is -0.118. The number of thioether (sulfide) groups is 1. The van der Waals surface area contributed by atoms with E-state index in [1.54, 1.807) is 18.4 Å². The third-order valence-corrected chi connectivity index (χ3v) is 6.30. The van der Waals surface area contributed by atoms with Crippen LogP contribution in [-0.4, -0.2) is 49.3 Å². The number of ether oxygens (including phenoxy) is 1. The topological polar surface area (TPSA) is 58.6 Å². The van der Waals surface area contributed by atoms with Crippen molar-refractivity contribution in [1.29, 1.82) is 0 Å². The Balaban J connectivity index is 1.63. The van der Waals surface area contributed by atoms with Crippen LogP contribution in [0.1, 0.15) is 20.8 Å². The zero-order valence-corrected chi connectivity index (χ0v) is 16.3. The predicted molar refractivity (Wildman–Crippen MR) is 105 cm³/mol. The van der Waals surface area contributed by atoms with E-state index in [1.165, 1.54) is 22.2 Å². The quantitative estimate of drug-likeness (QED) is 0.583. The van der Waals surface area contributed by atoms with Crippen LogP contribution < -0.4 is 5.32 Å². The highest BCUT2D eigenvalue weighted by Crippen LogP contribution is 2.28. The van der Waals surface area contributed by atoms with Crippen LogP contribution in [-0.2, 0) is 22.5 Å². The Morgan fingerprint density at radius 1 is 1.31 bits per heavy atom. The molecule has 138 valence electrons. The molecule has 0 aliphatic carbocycles. The van der Waals surface area contributed by atoms with E-state index in [-0.39, 0.29) is 17.6 Å². The van der Waals surface area contributed by atoms with Gasteiger partial charge in [0.15, 0.2) is 0 Å². The van der Waals surface area contributed by atoms with Crippen LogP contribution in [0.3, 0.4) is 0 Å². The van der Waals surface area contributed by atoms with E-state index in [0.717, 1.165) is 17.9 Å². The van der Waals surface area contributed by atoms with E-state index in [4.69, 9.17) is 4.74 Å². The number of thiophene rings is 1. The highest BCUT2D eigenvalue weighted by atomic mass is 32.2. The van der Waals surface area contributed by atoms with Gasteiger partial charge >= 0.3 is 0 Å². The molecule has 0 spiro atoms. The van der Waals surface area contributed by atoms with Crippen LogP contribution in [0.4, 0.5) is 0 Å². The minimum atomic E-state index is -0.0600. The molecule has 0 bridgehead atoms. The van der Waals surface area contributed by atoms with E-state index in [1.807, 2.05) is 29.2 Å². The molecule has 0 atom stereocenters. The number of hydrogen-bond acceptors (Lipinski definition) is 5. The number of nitrogens with zero attached hydrogens (tertiary/aromatic N) is 1. The molecule has 26 heavy (non-hydrogen) atoms. The van der Waals surface area contributed by atoms with Gasteiger partial charge in [-0.1, -0.05) is 12.1 Å². The summed E-state index contributed by atoms with van der Waals surface area (Å²) in [5.41, 5.74) is 1.91. The number of rotatable bonds is 7. The standard InChI is InChI=1S/C19H22N2O3S2/c1-24-10-8-20-18(22)13-26-17-5-3-2-4-15(17)19(23)21-9-6-16-14(12-21)7-11-25-16/h2-5,7,11H,6,8-10,12-13H2,1H3,(H,20,22). The number of amides is 2. The molecular weight excluding hydrogens is 368 g/mol. The first-order chi connectivity index (χ1) is 12.7. The Hall–Kier alpha value is -1.83. The number of nitrogens with one attached hydrogen (secondary N) is 1. The SMILES string of the molecule is COCCNC(=O)CSc1ccccc1C(=O)N1CCc2sccc2C1. The minimum Gasteiger partial charge on any atom is -0.383 e. The van der Waals surface area contributed by atoms with Crippen molar-refractivity contribution in [2.24, 2.45) is 0 Å². The molecule has 1 aliphatic heterocycles. The maximum absolute atomic E-state index is 13.0. The van der Waals surface area contributed by atoms with Gasteiger partial charge in [-0.15, -0.1) is 23.1 Å². The Morgan fingerprint density at radius 3 is 3.00 bits per heavy atom. The van der Waals surface area contributed by atoms with Crippen molar-refractivity contribution >= 4 is 34.9 Å². The molecule has 0 saturated heterocycles. The molecule has 2 heterocycles. The number of carbonyl (C=O) groups is 2. The first-order valence-corrected chi connectivity index (χ1v) is 10.4. The van der Waals surface area contributed by atoms with Gasteiger partial charge in [-0.05, 0) is 35.6 Å². The van der Waals surface area contributed by atoms with Crippen LogP contribution in [0.5, 0.6) is 0 Å². The first-order valence-electron chi connectivity index (χ1n) is 8.51. The van der Waals surface area contributed by atoms with Gasteiger partial charge in [-0.2, -0.15) is 0 Å². The number of hydrogen-bond donors (Lipinski definition) is 1. The van der Waals surface area contributed by atoms with E-state index in [9.17, 15) is 9.59 Å². The van der Waals surface area contributed by atoms with E-state index in [0.29, 0.717) is 25.3 Å². The van der Waals surface area contributed by atoms with Crippen molar-refractivity contribution in [2.45, 2.75) is 17.9 Å². The Bertz CT molecular complexity index is 776. The van der Waals surface area contributed by atoms with Crippen molar-refractivity contribution in [3.05, 3.63) is 51.7 Å². The van der Waals surface area contributed by atoms with Gasteiger partial charge in [0.05, 0.1) is 17.9 Å². The number of methoxy groups -OCH3 is 1. The molecule has 0 saturated carbocycles. The van der Waals surface area contributed by atoms with E-state index in [2.05, 4.69) is 16.8 Å². The van der Waals surface area contributed by atoms with E-state index < -0.39 is 0 Å². The van der Waals surface area contributed by atoms with Gasteiger partial charge in [0, 0.05) is 36.5 Å². The second kappa shape index (κ2) is 9.21. The molecule has 1 aliphatic rings. The number of benzene rings is 1. The summed E-state index contributed by atoms with van der Waals surface area (Å²) in [6.07, 6.45) is 0.913. The molecular formula is C19H22N2O3S2. The molecule has 1 aromatic heterocycles. The predicted octanol–water partition coefficient (Wildman–Crippen LogP) is 2.80. The second-order valence-electron chi connectivity index (χ2n) is 5.97. The van der Waals surface area contributed by atoms with Gasteiger partial charge in [-0.25, -0.2) is 0 Å². The highest BCUT2D eigenvalue weighted by Gasteiger charge is 2.24. The lowest BCUT2D eigenvalue weighted by Crippen LogP contribution is -2.35. The Kier molecular flexibility index (Phi) is 6.71. The van der Waals surface area contributed by atoms with Gasteiger partial charge < -0.3 is 15.0 Å². The maximum atomic E-state index is 13.0. The van der Waals surface area contributed by atoms with Crippen LogP contribution in [0.25, 0.3) is 0 Å². The largest absolute Gasteiger partial charge is 0.383 e. The van der Waals surface area contributed by atoms with Gasteiger partial charge in [0.2, 0.25) is 5.91 Å². The van der Waals surface area contributed by atoms with Crippen molar-refractivity contribution in [1.82, 2.24) is 10.2 Å². The minimum absolute atomic E-state index is 0.0322. The smallest absolute Gasteiger partial charge is 0.255 e. The zero-order chi connectivity index (χ0) is 18.4. The monoisotopic (exact) mass is 390 g/mol. The summed E-state index contributed by atoms with van der Waals surface area (Å²) in [6.45, 7) is 2.38. The number of fused-ring (bicyclic) bond motifs is 1. The van der Waals surface area contributed by atoms with Crippen molar-refractivity contribution in [3.63, 3.8) is 0 Å². The fourth-order valence-corrected chi connectivity index (χ4v) is 4.61. The summed E-state index contributed by atoms with van der Waals surface area (Å²) in [5.74, 6) is 0.253. The average molecular weight is 391 g/mol. The second-order valence-corrected chi connectivity index (χ2v) is 7.99. The summed E-state index contributed by atoms with van der Waals surface area (Å²) in [7, 11) is 1.60. The number of carbonyl (C=O) groups excluding carboxylic acids is 2. The van der Waals surface area contributed by atoms with Gasteiger partial charge in [-0.3, -0.25) is 9.59 Å². The third kappa shape index (κ3) is 4.66. The van der Waals surface area contributed by atoms with Crippen molar-refractivity contribution in [3.8, 4) is 0 Å². The molecule has 5 nitrogen and oxygen atoms in total. The van der Waals surface area contributed by atoms with Crippen LogP contribution in [0.2, 0.25) is 0 Å². The van der Waals surface area contributed by atoms with E-state index >= 15 is 0 Å².